The summed E-state index contributed by atoms with van der Waals surface area (Å²) in [6, 6.07) is 53.2. The standard InChI is InChI=1S/C47H32N2O/c1-47(2)38-16-8-7-14-33(38)36-25-37-43(26-39(36)47)49(29-21-19-28(20-22-29)41-27-50-44-18-10-9-17-40(44)48-41)42-24-23-35-32-13-4-3-11-30(32)31-12-5-6-15-34(31)45(35)46(37)42/h3-26H,27H2,1-2H3. The number of rotatable bonds is 2. The smallest absolute Gasteiger partial charge is 0.145 e. The van der Waals surface area contributed by atoms with E-state index >= 15 is 0 Å². The van der Waals surface area contributed by atoms with Crippen LogP contribution in [0.2, 0.25) is 0 Å². The van der Waals surface area contributed by atoms with Crippen LogP contribution in [0.15, 0.2) is 151 Å². The first-order valence-electron chi connectivity index (χ1n) is 17.4. The lowest BCUT2D eigenvalue weighted by Gasteiger charge is -2.21. The number of nitrogens with zero attached hydrogens (tertiary/aromatic N) is 2. The summed E-state index contributed by atoms with van der Waals surface area (Å²) >= 11 is 0. The lowest BCUT2D eigenvalue weighted by molar-refractivity contribution is 0.373. The van der Waals surface area contributed by atoms with Gasteiger partial charge in [0.1, 0.15) is 18.0 Å². The summed E-state index contributed by atoms with van der Waals surface area (Å²) in [6.07, 6.45) is 0. The summed E-state index contributed by atoms with van der Waals surface area (Å²) in [6.45, 7) is 5.19. The molecule has 2 heterocycles. The predicted octanol–water partition coefficient (Wildman–Crippen LogP) is 12.1. The summed E-state index contributed by atoms with van der Waals surface area (Å²) in [4.78, 5) is 4.96. The minimum absolute atomic E-state index is 0.106. The van der Waals surface area contributed by atoms with Crippen LogP contribution in [-0.2, 0) is 5.41 Å². The first kappa shape index (κ1) is 27.7. The van der Waals surface area contributed by atoms with Gasteiger partial charge in [-0.3, -0.25) is 0 Å². The predicted molar refractivity (Wildman–Crippen MR) is 209 cm³/mol. The van der Waals surface area contributed by atoms with Crippen molar-refractivity contribution < 1.29 is 4.74 Å². The van der Waals surface area contributed by atoms with Crippen molar-refractivity contribution in [2.45, 2.75) is 19.3 Å². The zero-order valence-corrected chi connectivity index (χ0v) is 27.9. The summed E-state index contributed by atoms with van der Waals surface area (Å²) in [5.74, 6) is 0.836. The average molecular weight is 641 g/mol. The minimum atomic E-state index is -0.106. The molecule has 0 spiro atoms. The van der Waals surface area contributed by atoms with Crippen LogP contribution in [0.5, 0.6) is 5.75 Å². The lowest BCUT2D eigenvalue weighted by Crippen LogP contribution is -2.16. The van der Waals surface area contributed by atoms with E-state index in [4.69, 9.17) is 9.73 Å². The Kier molecular flexibility index (Phi) is 5.51. The van der Waals surface area contributed by atoms with Gasteiger partial charge in [0.05, 0.1) is 16.7 Å². The van der Waals surface area contributed by atoms with E-state index in [0.717, 1.165) is 28.4 Å². The van der Waals surface area contributed by atoms with E-state index in [9.17, 15) is 0 Å². The highest BCUT2D eigenvalue weighted by Crippen LogP contribution is 2.52. The minimum Gasteiger partial charge on any atom is -0.485 e. The molecule has 0 fully saturated rings. The highest BCUT2D eigenvalue weighted by molar-refractivity contribution is 6.35. The van der Waals surface area contributed by atoms with Gasteiger partial charge < -0.3 is 9.30 Å². The van der Waals surface area contributed by atoms with E-state index in [1.807, 2.05) is 24.3 Å². The largest absolute Gasteiger partial charge is 0.485 e. The van der Waals surface area contributed by atoms with Crippen molar-refractivity contribution in [1.29, 1.82) is 0 Å². The van der Waals surface area contributed by atoms with Gasteiger partial charge in [-0.15, -0.1) is 0 Å². The van der Waals surface area contributed by atoms with Crippen molar-refractivity contribution in [3.63, 3.8) is 0 Å². The van der Waals surface area contributed by atoms with Crippen LogP contribution in [0.25, 0.3) is 70.9 Å². The zero-order chi connectivity index (χ0) is 33.1. The molecule has 0 atom stereocenters. The van der Waals surface area contributed by atoms with Crippen molar-refractivity contribution in [2.24, 2.45) is 4.99 Å². The summed E-state index contributed by atoms with van der Waals surface area (Å²) in [5, 5.41) is 10.4. The van der Waals surface area contributed by atoms with Gasteiger partial charge in [-0.2, -0.15) is 0 Å². The molecule has 0 amide bonds. The second-order valence-electron chi connectivity index (χ2n) is 14.3. The number of para-hydroxylation sites is 2. The van der Waals surface area contributed by atoms with Crippen LogP contribution in [0.3, 0.4) is 0 Å². The molecule has 11 rings (SSSR count). The second kappa shape index (κ2) is 9.93. The van der Waals surface area contributed by atoms with E-state index < -0.39 is 0 Å². The molecule has 0 N–H and O–H groups in total. The number of fused-ring (bicyclic) bond motifs is 14. The van der Waals surface area contributed by atoms with Gasteiger partial charge in [0.15, 0.2) is 0 Å². The summed E-state index contributed by atoms with van der Waals surface area (Å²) < 4.78 is 8.55. The van der Waals surface area contributed by atoms with E-state index in [2.05, 4.69) is 140 Å². The molecule has 50 heavy (non-hydrogen) atoms. The van der Waals surface area contributed by atoms with Crippen molar-refractivity contribution >= 4 is 65.5 Å². The second-order valence-corrected chi connectivity index (χ2v) is 14.3. The molecular formula is C47H32N2O. The third-order valence-electron chi connectivity index (χ3n) is 11.3. The number of benzene rings is 8. The first-order chi connectivity index (χ1) is 24.6. The summed E-state index contributed by atoms with van der Waals surface area (Å²) in [5.41, 5.74) is 11.8. The van der Waals surface area contributed by atoms with Gasteiger partial charge in [-0.1, -0.05) is 117 Å². The Bertz CT molecular complexity index is 2910. The molecular weight excluding hydrogens is 609 g/mol. The molecule has 236 valence electrons. The molecule has 3 heteroatoms. The number of aliphatic imine (C=N–C) groups is 1. The van der Waals surface area contributed by atoms with Crippen molar-refractivity contribution in [2.75, 3.05) is 6.61 Å². The molecule has 3 nitrogen and oxygen atoms in total. The third-order valence-corrected chi connectivity index (χ3v) is 11.3. The Labute approximate surface area is 289 Å². The van der Waals surface area contributed by atoms with Gasteiger partial charge in [-0.25, -0.2) is 4.99 Å². The quantitative estimate of drug-likeness (QED) is 0.173. The molecule has 1 aromatic heterocycles. The molecule has 2 aliphatic rings. The highest BCUT2D eigenvalue weighted by atomic mass is 16.5. The number of ether oxygens (including phenoxy) is 1. The zero-order valence-electron chi connectivity index (χ0n) is 27.9. The highest BCUT2D eigenvalue weighted by Gasteiger charge is 2.36. The van der Waals surface area contributed by atoms with Gasteiger partial charge in [0.2, 0.25) is 0 Å². The molecule has 0 bridgehead atoms. The van der Waals surface area contributed by atoms with Crippen LogP contribution in [-0.4, -0.2) is 16.9 Å². The topological polar surface area (TPSA) is 26.5 Å². The third kappa shape index (κ3) is 3.67. The number of hydrogen-bond acceptors (Lipinski definition) is 2. The Hall–Kier alpha value is -6.19. The fourth-order valence-electron chi connectivity index (χ4n) is 8.92. The van der Waals surface area contributed by atoms with E-state index in [1.54, 1.807) is 0 Å². The maximum absolute atomic E-state index is 6.07. The maximum Gasteiger partial charge on any atom is 0.145 e. The molecule has 0 unspecified atom stereocenters. The Balaban J connectivity index is 1.24. The summed E-state index contributed by atoms with van der Waals surface area (Å²) in [7, 11) is 0. The molecule has 0 radical (unpaired) electrons. The Morgan fingerprint density at radius 3 is 2.00 bits per heavy atom. The fourth-order valence-corrected chi connectivity index (χ4v) is 8.92. The molecule has 9 aromatic rings. The Morgan fingerprint density at radius 1 is 0.540 bits per heavy atom. The van der Waals surface area contributed by atoms with Crippen LogP contribution in [0.4, 0.5) is 5.69 Å². The Morgan fingerprint density at radius 2 is 1.20 bits per heavy atom. The average Bonchev–Trinajstić information content (AvgIpc) is 3.61. The number of aromatic nitrogens is 1. The van der Waals surface area contributed by atoms with Crippen LogP contribution < -0.4 is 4.74 Å². The van der Waals surface area contributed by atoms with Crippen molar-refractivity contribution in [3.8, 4) is 22.6 Å². The van der Waals surface area contributed by atoms with Crippen molar-refractivity contribution in [1.82, 2.24) is 4.57 Å². The van der Waals surface area contributed by atoms with Crippen LogP contribution in [0.1, 0.15) is 30.5 Å². The monoisotopic (exact) mass is 640 g/mol. The van der Waals surface area contributed by atoms with Crippen LogP contribution >= 0.6 is 0 Å². The lowest BCUT2D eigenvalue weighted by atomic mass is 9.82. The fraction of sp³-hybridized carbons (Fsp3) is 0.0851. The first-order valence-corrected chi connectivity index (χ1v) is 17.4. The molecule has 0 saturated heterocycles. The van der Waals surface area contributed by atoms with E-state index in [0.29, 0.717) is 6.61 Å². The van der Waals surface area contributed by atoms with Crippen LogP contribution in [0, 0.1) is 0 Å². The molecule has 0 saturated carbocycles. The van der Waals surface area contributed by atoms with Gasteiger partial charge in [-0.05, 0) is 97.2 Å². The SMILES string of the molecule is CC1(C)c2ccccc2-c2cc3c4c5c6ccccc6c6ccccc6c5ccc4n(-c4ccc(C5=Nc6ccccc6OC5)cc4)c3cc21. The molecule has 8 aromatic carbocycles. The van der Waals surface area contributed by atoms with Gasteiger partial charge >= 0.3 is 0 Å². The van der Waals surface area contributed by atoms with Gasteiger partial charge in [0, 0.05) is 27.3 Å². The van der Waals surface area contributed by atoms with E-state index in [1.165, 1.54) is 76.4 Å². The van der Waals surface area contributed by atoms with Crippen molar-refractivity contribution in [3.05, 3.63) is 162 Å². The number of hydrogen-bond donors (Lipinski definition) is 0. The maximum atomic E-state index is 6.07. The van der Waals surface area contributed by atoms with Gasteiger partial charge in [0.25, 0.3) is 0 Å². The normalized spacial score (nSPS) is 14.6. The molecule has 1 aliphatic heterocycles. The molecule has 1 aliphatic carbocycles. The van der Waals surface area contributed by atoms with E-state index in [-0.39, 0.29) is 5.41 Å².